The quantitative estimate of drug-likeness (QED) is 0.592. The van der Waals surface area contributed by atoms with E-state index >= 15 is 0 Å². The fraction of sp³-hybridized carbons (Fsp3) is 0.846. The predicted molar refractivity (Wildman–Crippen MR) is 72.8 cm³/mol. The minimum atomic E-state index is -0.652. The lowest BCUT2D eigenvalue weighted by atomic mass is 9.89. The number of rotatable bonds is 9. The summed E-state index contributed by atoms with van der Waals surface area (Å²) in [7, 11) is 2.98. The van der Waals surface area contributed by atoms with Crippen LogP contribution in [-0.2, 0) is 19.1 Å². The van der Waals surface area contributed by atoms with Gasteiger partial charge in [0.05, 0.1) is 7.11 Å². The summed E-state index contributed by atoms with van der Waals surface area (Å²) in [5.74, 6) is -0.701. The summed E-state index contributed by atoms with van der Waals surface area (Å²) in [6.07, 6.45) is 0.916. The van der Waals surface area contributed by atoms with Gasteiger partial charge < -0.3 is 20.1 Å². The standard InChI is InChI=1S/C13H26N2O4/c1-10(16)15-11(12(17)19-5)8-14-9-13(2,3)6-7-18-4/h11,14H,6-9H2,1-5H3,(H,15,16). The second-order valence-electron chi connectivity index (χ2n) is 5.31. The Morgan fingerprint density at radius 1 is 1.26 bits per heavy atom. The summed E-state index contributed by atoms with van der Waals surface area (Å²) in [5, 5.41) is 5.74. The van der Waals surface area contributed by atoms with Crippen molar-refractivity contribution in [3.8, 4) is 0 Å². The molecule has 0 aliphatic heterocycles. The molecule has 0 fully saturated rings. The van der Waals surface area contributed by atoms with E-state index in [0.29, 0.717) is 13.2 Å². The first-order chi connectivity index (χ1) is 8.82. The maximum atomic E-state index is 11.5. The zero-order chi connectivity index (χ0) is 14.9. The lowest BCUT2D eigenvalue weighted by Gasteiger charge is -2.26. The summed E-state index contributed by atoms with van der Waals surface area (Å²) < 4.78 is 9.70. The summed E-state index contributed by atoms with van der Waals surface area (Å²) in [6, 6.07) is -0.652. The Balaban J connectivity index is 4.17. The van der Waals surface area contributed by atoms with Gasteiger partial charge in [0.1, 0.15) is 6.04 Å². The number of amides is 1. The van der Waals surface area contributed by atoms with Gasteiger partial charge in [0.2, 0.25) is 5.91 Å². The van der Waals surface area contributed by atoms with Gasteiger partial charge in [-0.3, -0.25) is 4.79 Å². The molecule has 0 aliphatic carbocycles. The summed E-state index contributed by atoms with van der Waals surface area (Å²) in [5.41, 5.74) is 0.0624. The van der Waals surface area contributed by atoms with E-state index in [2.05, 4.69) is 29.2 Å². The molecular weight excluding hydrogens is 248 g/mol. The number of hydrogen-bond acceptors (Lipinski definition) is 5. The Hall–Kier alpha value is -1.14. The highest BCUT2D eigenvalue weighted by Gasteiger charge is 2.22. The van der Waals surface area contributed by atoms with E-state index in [0.717, 1.165) is 13.0 Å². The molecule has 0 aliphatic rings. The molecule has 6 nitrogen and oxygen atoms in total. The first-order valence-electron chi connectivity index (χ1n) is 6.37. The van der Waals surface area contributed by atoms with Crippen LogP contribution >= 0.6 is 0 Å². The molecular formula is C13H26N2O4. The van der Waals surface area contributed by atoms with Crippen molar-refractivity contribution in [3.05, 3.63) is 0 Å². The highest BCUT2D eigenvalue weighted by atomic mass is 16.5. The molecule has 0 rings (SSSR count). The molecule has 0 bridgehead atoms. The molecule has 1 amide bonds. The van der Waals surface area contributed by atoms with Crippen molar-refractivity contribution in [2.75, 3.05) is 33.9 Å². The minimum Gasteiger partial charge on any atom is -0.467 e. The lowest BCUT2D eigenvalue weighted by Crippen LogP contribution is -2.48. The molecule has 0 saturated carbocycles. The van der Waals surface area contributed by atoms with Gasteiger partial charge in [0, 0.05) is 33.7 Å². The van der Waals surface area contributed by atoms with Crippen molar-refractivity contribution in [2.24, 2.45) is 5.41 Å². The van der Waals surface area contributed by atoms with Gasteiger partial charge in [0.15, 0.2) is 0 Å². The molecule has 0 saturated heterocycles. The fourth-order valence-corrected chi connectivity index (χ4v) is 1.60. The Morgan fingerprint density at radius 3 is 2.37 bits per heavy atom. The van der Waals surface area contributed by atoms with Crippen LogP contribution < -0.4 is 10.6 Å². The Labute approximate surface area is 115 Å². The van der Waals surface area contributed by atoms with Crippen molar-refractivity contribution in [1.82, 2.24) is 10.6 Å². The van der Waals surface area contributed by atoms with Gasteiger partial charge in [-0.15, -0.1) is 0 Å². The molecule has 1 unspecified atom stereocenters. The third-order valence-electron chi connectivity index (χ3n) is 2.80. The lowest BCUT2D eigenvalue weighted by molar-refractivity contribution is -0.144. The van der Waals surface area contributed by atoms with E-state index in [4.69, 9.17) is 4.74 Å². The molecule has 2 N–H and O–H groups in total. The van der Waals surface area contributed by atoms with E-state index in [1.165, 1.54) is 14.0 Å². The van der Waals surface area contributed by atoms with Gasteiger partial charge in [-0.1, -0.05) is 13.8 Å². The monoisotopic (exact) mass is 274 g/mol. The smallest absolute Gasteiger partial charge is 0.329 e. The molecule has 112 valence electrons. The average Bonchev–Trinajstić information content (AvgIpc) is 2.33. The molecule has 0 spiro atoms. The summed E-state index contributed by atoms with van der Waals surface area (Å²) in [4.78, 5) is 22.5. The minimum absolute atomic E-state index is 0.0624. The Bertz CT molecular complexity index is 292. The number of hydrogen-bond donors (Lipinski definition) is 2. The Morgan fingerprint density at radius 2 is 1.89 bits per heavy atom. The van der Waals surface area contributed by atoms with Crippen LogP contribution in [0.15, 0.2) is 0 Å². The van der Waals surface area contributed by atoms with Gasteiger partial charge in [0.25, 0.3) is 0 Å². The Kier molecular flexibility index (Phi) is 8.34. The SMILES string of the molecule is COCCC(C)(C)CNCC(NC(C)=O)C(=O)OC. The van der Waals surface area contributed by atoms with Crippen LogP contribution in [0.1, 0.15) is 27.2 Å². The second-order valence-corrected chi connectivity index (χ2v) is 5.31. The molecule has 6 heteroatoms. The fourth-order valence-electron chi connectivity index (χ4n) is 1.60. The first kappa shape index (κ1) is 17.9. The largest absolute Gasteiger partial charge is 0.467 e. The van der Waals surface area contributed by atoms with Crippen LogP contribution in [0.2, 0.25) is 0 Å². The third kappa shape index (κ3) is 8.56. The van der Waals surface area contributed by atoms with Crippen molar-refractivity contribution >= 4 is 11.9 Å². The number of nitrogens with one attached hydrogen (secondary N) is 2. The molecule has 0 aromatic rings. The molecule has 0 aromatic carbocycles. The van der Waals surface area contributed by atoms with Crippen LogP contribution in [0.5, 0.6) is 0 Å². The third-order valence-corrected chi connectivity index (χ3v) is 2.80. The van der Waals surface area contributed by atoms with E-state index in [-0.39, 0.29) is 11.3 Å². The van der Waals surface area contributed by atoms with E-state index in [1.807, 2.05) is 0 Å². The second kappa shape index (κ2) is 8.87. The number of carbonyl (C=O) groups is 2. The highest BCUT2D eigenvalue weighted by Crippen LogP contribution is 2.18. The van der Waals surface area contributed by atoms with E-state index < -0.39 is 12.0 Å². The van der Waals surface area contributed by atoms with Crippen molar-refractivity contribution in [2.45, 2.75) is 33.2 Å². The van der Waals surface area contributed by atoms with Gasteiger partial charge in [-0.2, -0.15) is 0 Å². The van der Waals surface area contributed by atoms with Crippen LogP contribution in [0.4, 0.5) is 0 Å². The maximum absolute atomic E-state index is 11.5. The molecule has 0 radical (unpaired) electrons. The normalized spacial score (nSPS) is 12.9. The highest BCUT2D eigenvalue weighted by molar-refractivity contribution is 5.83. The van der Waals surface area contributed by atoms with Gasteiger partial charge >= 0.3 is 5.97 Å². The van der Waals surface area contributed by atoms with Crippen LogP contribution in [0.25, 0.3) is 0 Å². The average molecular weight is 274 g/mol. The van der Waals surface area contributed by atoms with Crippen LogP contribution in [-0.4, -0.2) is 51.8 Å². The molecule has 0 heterocycles. The van der Waals surface area contributed by atoms with E-state index in [9.17, 15) is 9.59 Å². The zero-order valence-electron chi connectivity index (χ0n) is 12.5. The number of esters is 1. The molecule has 1 atom stereocenters. The number of methoxy groups -OCH3 is 2. The number of carbonyl (C=O) groups excluding carboxylic acids is 2. The summed E-state index contributed by atoms with van der Waals surface area (Å²) >= 11 is 0. The summed E-state index contributed by atoms with van der Waals surface area (Å²) in [6.45, 7) is 7.38. The van der Waals surface area contributed by atoms with Gasteiger partial charge in [-0.25, -0.2) is 4.79 Å². The topological polar surface area (TPSA) is 76.7 Å². The van der Waals surface area contributed by atoms with Crippen LogP contribution in [0, 0.1) is 5.41 Å². The first-order valence-corrected chi connectivity index (χ1v) is 6.37. The van der Waals surface area contributed by atoms with Gasteiger partial charge in [-0.05, 0) is 11.8 Å². The molecule has 19 heavy (non-hydrogen) atoms. The predicted octanol–water partition coefficient (Wildman–Crippen LogP) is 0.316. The van der Waals surface area contributed by atoms with Crippen molar-refractivity contribution in [3.63, 3.8) is 0 Å². The van der Waals surface area contributed by atoms with E-state index in [1.54, 1.807) is 7.11 Å². The maximum Gasteiger partial charge on any atom is 0.329 e. The zero-order valence-corrected chi connectivity index (χ0v) is 12.5. The van der Waals surface area contributed by atoms with Crippen LogP contribution in [0.3, 0.4) is 0 Å². The van der Waals surface area contributed by atoms with Crippen molar-refractivity contribution < 1.29 is 19.1 Å². The molecule has 0 aromatic heterocycles. The van der Waals surface area contributed by atoms with Crippen molar-refractivity contribution in [1.29, 1.82) is 0 Å². The number of ether oxygens (including phenoxy) is 2.